The number of nitrogens with one attached hydrogen (secondary N) is 1. The van der Waals surface area contributed by atoms with E-state index in [4.69, 9.17) is 0 Å². The van der Waals surface area contributed by atoms with Crippen LogP contribution in [-0.2, 0) is 11.3 Å². The van der Waals surface area contributed by atoms with Gasteiger partial charge in [-0.25, -0.2) is 4.39 Å². The van der Waals surface area contributed by atoms with Crippen molar-refractivity contribution < 1.29 is 14.1 Å². The Bertz CT molecular complexity index is 776. The van der Waals surface area contributed by atoms with Crippen molar-refractivity contribution >= 4 is 17.7 Å². The number of carbonyl (C=O) groups excluding carboxylic acids is 1. The lowest BCUT2D eigenvalue weighted by Crippen LogP contribution is -3.12. The van der Waals surface area contributed by atoms with Gasteiger partial charge in [0.05, 0.1) is 6.54 Å². The molecule has 2 atom stereocenters. The second-order valence-electron chi connectivity index (χ2n) is 8.05. The number of rotatable bonds is 7. The van der Waals surface area contributed by atoms with Crippen LogP contribution < -0.4 is 4.90 Å². The van der Waals surface area contributed by atoms with Gasteiger partial charge >= 0.3 is 0 Å². The molecule has 2 aromatic carbocycles. The van der Waals surface area contributed by atoms with Crippen molar-refractivity contribution in [2.45, 2.75) is 32.7 Å². The minimum absolute atomic E-state index is 0.00669. The Morgan fingerprint density at radius 3 is 2.50 bits per heavy atom. The molecule has 1 aliphatic rings. The van der Waals surface area contributed by atoms with Crippen LogP contribution in [0.2, 0.25) is 0 Å². The third-order valence-corrected chi connectivity index (χ3v) is 6.30. The molecule has 150 valence electrons. The average molecular weight is 402 g/mol. The molecule has 3 nitrogen and oxygen atoms in total. The van der Waals surface area contributed by atoms with Crippen molar-refractivity contribution in [1.82, 2.24) is 4.90 Å². The molecule has 1 fully saturated rings. The van der Waals surface area contributed by atoms with E-state index in [2.05, 4.69) is 45.0 Å². The van der Waals surface area contributed by atoms with Gasteiger partial charge in [0.2, 0.25) is 0 Å². The molecule has 1 amide bonds. The van der Waals surface area contributed by atoms with Crippen LogP contribution in [0.5, 0.6) is 0 Å². The SMILES string of the molecule is Cc1ccc(C[NH+](CC(=O)N2CCS[C@H]2c2ccc(F)cc2)CC(C)C)cc1. The van der Waals surface area contributed by atoms with Gasteiger partial charge in [-0.3, -0.25) is 4.79 Å². The van der Waals surface area contributed by atoms with Crippen LogP contribution >= 0.6 is 11.8 Å². The summed E-state index contributed by atoms with van der Waals surface area (Å²) in [5.74, 6) is 1.39. The molecule has 0 aliphatic carbocycles. The van der Waals surface area contributed by atoms with E-state index in [-0.39, 0.29) is 17.1 Å². The summed E-state index contributed by atoms with van der Waals surface area (Å²) >= 11 is 1.76. The first kappa shape index (κ1) is 20.9. The summed E-state index contributed by atoms with van der Waals surface area (Å²) < 4.78 is 13.3. The zero-order valence-corrected chi connectivity index (χ0v) is 17.8. The van der Waals surface area contributed by atoms with Crippen LogP contribution in [0.15, 0.2) is 48.5 Å². The Kier molecular flexibility index (Phi) is 7.13. The molecule has 1 heterocycles. The fourth-order valence-electron chi connectivity index (χ4n) is 3.72. The molecule has 5 heteroatoms. The molecular weight excluding hydrogens is 371 g/mol. The van der Waals surface area contributed by atoms with Crippen LogP contribution in [0, 0.1) is 18.7 Å². The zero-order chi connectivity index (χ0) is 20.1. The number of hydrogen-bond acceptors (Lipinski definition) is 2. The Balaban J connectivity index is 1.69. The lowest BCUT2D eigenvalue weighted by Gasteiger charge is -2.27. The minimum atomic E-state index is -0.240. The summed E-state index contributed by atoms with van der Waals surface area (Å²) in [4.78, 5) is 16.4. The van der Waals surface area contributed by atoms with Crippen LogP contribution in [0.1, 0.15) is 35.9 Å². The highest BCUT2D eigenvalue weighted by molar-refractivity contribution is 7.99. The summed E-state index contributed by atoms with van der Waals surface area (Å²) in [6.45, 7) is 9.55. The van der Waals surface area contributed by atoms with Crippen molar-refractivity contribution in [2.24, 2.45) is 5.92 Å². The maximum Gasteiger partial charge on any atom is 0.278 e. The van der Waals surface area contributed by atoms with Gasteiger partial charge < -0.3 is 9.80 Å². The fourth-order valence-corrected chi connectivity index (χ4v) is 5.00. The van der Waals surface area contributed by atoms with E-state index in [0.717, 1.165) is 31.0 Å². The smallest absolute Gasteiger partial charge is 0.278 e. The van der Waals surface area contributed by atoms with E-state index >= 15 is 0 Å². The van der Waals surface area contributed by atoms with Crippen molar-refractivity contribution in [3.05, 3.63) is 71.0 Å². The molecular formula is C23H30FN2OS+. The zero-order valence-electron chi connectivity index (χ0n) is 17.0. The van der Waals surface area contributed by atoms with E-state index < -0.39 is 0 Å². The lowest BCUT2D eigenvalue weighted by molar-refractivity contribution is -0.909. The van der Waals surface area contributed by atoms with Gasteiger partial charge in [-0.2, -0.15) is 0 Å². The number of quaternary nitrogens is 1. The third kappa shape index (κ3) is 5.58. The highest BCUT2D eigenvalue weighted by Crippen LogP contribution is 2.37. The maximum absolute atomic E-state index is 13.3. The summed E-state index contributed by atoms with van der Waals surface area (Å²) in [6, 6.07) is 15.1. The topological polar surface area (TPSA) is 24.8 Å². The second kappa shape index (κ2) is 9.57. The Labute approximate surface area is 171 Å². The summed E-state index contributed by atoms with van der Waals surface area (Å²) in [5.41, 5.74) is 3.52. The summed E-state index contributed by atoms with van der Waals surface area (Å²) in [7, 11) is 0. The molecule has 1 unspecified atom stereocenters. The lowest BCUT2D eigenvalue weighted by atomic mass is 10.1. The molecule has 2 aromatic rings. The molecule has 28 heavy (non-hydrogen) atoms. The Morgan fingerprint density at radius 2 is 1.86 bits per heavy atom. The van der Waals surface area contributed by atoms with Crippen molar-refractivity contribution in [2.75, 3.05) is 25.4 Å². The van der Waals surface area contributed by atoms with Gasteiger partial charge in [0.15, 0.2) is 6.54 Å². The van der Waals surface area contributed by atoms with Gasteiger partial charge in [0.25, 0.3) is 5.91 Å². The normalized spacial score (nSPS) is 17.9. The molecule has 0 saturated carbocycles. The molecule has 1 N–H and O–H groups in total. The van der Waals surface area contributed by atoms with E-state index in [0.29, 0.717) is 12.5 Å². The van der Waals surface area contributed by atoms with Gasteiger partial charge in [-0.1, -0.05) is 55.8 Å². The van der Waals surface area contributed by atoms with Gasteiger partial charge in [0, 0.05) is 23.8 Å². The largest absolute Gasteiger partial charge is 0.323 e. The number of aryl methyl sites for hydroxylation is 1. The van der Waals surface area contributed by atoms with Crippen molar-refractivity contribution in [1.29, 1.82) is 0 Å². The molecule has 1 saturated heterocycles. The van der Waals surface area contributed by atoms with Gasteiger partial charge in [0.1, 0.15) is 17.7 Å². The number of amides is 1. The highest BCUT2D eigenvalue weighted by atomic mass is 32.2. The predicted molar refractivity (Wildman–Crippen MR) is 114 cm³/mol. The summed E-state index contributed by atoms with van der Waals surface area (Å²) in [5, 5.41) is -0.00669. The van der Waals surface area contributed by atoms with Gasteiger partial charge in [-0.05, 0) is 24.6 Å². The Morgan fingerprint density at radius 1 is 1.18 bits per heavy atom. The van der Waals surface area contributed by atoms with Gasteiger partial charge in [-0.15, -0.1) is 11.8 Å². The standard InChI is InChI=1S/C23H29FN2OS/c1-17(2)14-25(15-19-6-4-18(3)5-7-19)16-22(27)26-12-13-28-23(26)20-8-10-21(24)11-9-20/h4-11,17,23H,12-16H2,1-3H3/p+1/t23-/m0/s1. The van der Waals surface area contributed by atoms with E-state index in [1.807, 2.05) is 4.90 Å². The molecule has 0 bridgehead atoms. The first-order chi connectivity index (χ1) is 13.4. The average Bonchev–Trinajstić information content (AvgIpc) is 3.13. The van der Waals surface area contributed by atoms with Crippen molar-refractivity contribution in [3.8, 4) is 0 Å². The number of carbonyl (C=O) groups is 1. The molecule has 1 aliphatic heterocycles. The van der Waals surface area contributed by atoms with Crippen molar-refractivity contribution in [3.63, 3.8) is 0 Å². The Hall–Kier alpha value is -1.85. The number of nitrogens with zero attached hydrogens (tertiary/aromatic N) is 1. The first-order valence-corrected chi connectivity index (χ1v) is 11.0. The van der Waals surface area contributed by atoms with E-state index in [1.165, 1.54) is 28.2 Å². The van der Waals surface area contributed by atoms with Crippen LogP contribution in [-0.4, -0.2) is 36.2 Å². The number of benzene rings is 2. The third-order valence-electron chi connectivity index (χ3n) is 5.04. The molecule has 3 rings (SSSR count). The molecule has 0 aromatic heterocycles. The first-order valence-electron chi connectivity index (χ1n) is 9.98. The fraction of sp³-hybridized carbons (Fsp3) is 0.435. The predicted octanol–water partition coefficient (Wildman–Crippen LogP) is 3.45. The van der Waals surface area contributed by atoms with Crippen LogP contribution in [0.4, 0.5) is 4.39 Å². The number of halogens is 1. The minimum Gasteiger partial charge on any atom is -0.323 e. The second-order valence-corrected chi connectivity index (χ2v) is 9.24. The number of hydrogen-bond donors (Lipinski definition) is 1. The maximum atomic E-state index is 13.3. The monoisotopic (exact) mass is 401 g/mol. The van der Waals surface area contributed by atoms with E-state index in [1.54, 1.807) is 23.9 Å². The summed E-state index contributed by atoms with van der Waals surface area (Å²) in [6.07, 6.45) is 0. The number of thioether (sulfide) groups is 1. The van der Waals surface area contributed by atoms with Crippen LogP contribution in [0.3, 0.4) is 0 Å². The van der Waals surface area contributed by atoms with Crippen LogP contribution in [0.25, 0.3) is 0 Å². The molecule has 0 spiro atoms. The quantitative estimate of drug-likeness (QED) is 0.769. The highest BCUT2D eigenvalue weighted by Gasteiger charge is 2.32. The van der Waals surface area contributed by atoms with E-state index in [9.17, 15) is 9.18 Å². The molecule has 0 radical (unpaired) electrons.